The molecule has 0 saturated heterocycles. The minimum atomic E-state index is -0.440. The Hall–Kier alpha value is 0.177. The fourth-order valence-electron chi connectivity index (χ4n) is 0.427. The van der Waals surface area contributed by atoms with Gasteiger partial charge in [0.1, 0.15) is 0 Å². The van der Waals surface area contributed by atoms with Crippen molar-refractivity contribution in [3.8, 4) is 0 Å². The Morgan fingerprint density at radius 1 is 1.44 bits per heavy atom. The molecule has 0 fully saturated rings. The maximum absolute atomic E-state index is 5.50. The summed E-state index contributed by atoms with van der Waals surface area (Å²) in [6, 6.07) is 0. The highest BCUT2D eigenvalue weighted by Crippen LogP contribution is 2.01. The van der Waals surface area contributed by atoms with Crippen LogP contribution < -0.4 is 0 Å². The largest absolute Gasteiger partial charge is 0.417 e. The van der Waals surface area contributed by atoms with Crippen molar-refractivity contribution < 1.29 is 4.43 Å². The first-order valence-corrected chi connectivity index (χ1v) is 6.00. The van der Waals surface area contributed by atoms with Gasteiger partial charge in [0, 0.05) is 6.61 Å². The van der Waals surface area contributed by atoms with Gasteiger partial charge in [0.05, 0.1) is 0 Å². The van der Waals surface area contributed by atoms with Crippen molar-refractivity contribution in [1.82, 2.24) is 0 Å². The predicted octanol–water partition coefficient (Wildman–Crippen LogP) is 2.30. The average Bonchev–Trinajstić information content (AvgIpc) is 1.83. The van der Waals surface area contributed by atoms with E-state index in [4.69, 9.17) is 4.43 Å². The molecule has 0 aromatic heterocycles. The molecule has 0 aliphatic heterocycles. The average molecular weight is 145 g/mol. The molecular weight excluding hydrogens is 128 g/mol. The third-order valence-corrected chi connectivity index (χ3v) is 2.10. The molecule has 1 radical (unpaired) electrons. The molecule has 9 heavy (non-hydrogen) atoms. The van der Waals surface area contributed by atoms with Crippen molar-refractivity contribution in [2.75, 3.05) is 6.61 Å². The minimum absolute atomic E-state index is 0.440. The topological polar surface area (TPSA) is 9.23 Å². The van der Waals surface area contributed by atoms with Crippen LogP contribution >= 0.6 is 0 Å². The molecule has 0 aromatic carbocycles. The van der Waals surface area contributed by atoms with E-state index in [1.807, 2.05) is 0 Å². The lowest BCUT2D eigenvalue weighted by Gasteiger charge is -2.10. The van der Waals surface area contributed by atoms with E-state index in [2.05, 4.69) is 26.9 Å². The van der Waals surface area contributed by atoms with Crippen LogP contribution in [0.2, 0.25) is 13.1 Å². The van der Waals surface area contributed by atoms with E-state index in [0.29, 0.717) is 0 Å². The van der Waals surface area contributed by atoms with Gasteiger partial charge in [0.25, 0.3) is 0 Å². The molecule has 0 aliphatic carbocycles. The van der Waals surface area contributed by atoms with Crippen molar-refractivity contribution in [3.05, 3.63) is 0 Å². The van der Waals surface area contributed by atoms with Crippen molar-refractivity contribution in [2.45, 2.75) is 33.4 Å². The second kappa shape index (κ2) is 5.00. The van der Waals surface area contributed by atoms with E-state index >= 15 is 0 Å². The maximum Gasteiger partial charge on any atom is 0.204 e. The van der Waals surface area contributed by atoms with Crippen LogP contribution in [0.25, 0.3) is 0 Å². The van der Waals surface area contributed by atoms with Crippen LogP contribution in [-0.4, -0.2) is 15.6 Å². The molecule has 1 nitrogen and oxygen atoms in total. The van der Waals surface area contributed by atoms with Crippen LogP contribution in [0.4, 0.5) is 0 Å². The van der Waals surface area contributed by atoms with Crippen molar-refractivity contribution in [3.63, 3.8) is 0 Å². The second-order valence-corrected chi connectivity index (χ2v) is 4.84. The molecule has 0 aliphatic rings. The number of hydrogen-bond donors (Lipinski definition) is 0. The summed E-state index contributed by atoms with van der Waals surface area (Å²) < 4.78 is 5.50. The van der Waals surface area contributed by atoms with Gasteiger partial charge in [-0.15, -0.1) is 0 Å². The standard InChI is InChI=1S/C7H17OSi/c1-5-7(2)6-8-9(3)4/h7H,5-6H2,1-4H3. The Morgan fingerprint density at radius 3 is 2.33 bits per heavy atom. The fourth-order valence-corrected chi connectivity index (χ4v) is 1.04. The summed E-state index contributed by atoms with van der Waals surface area (Å²) in [6.45, 7) is 9.73. The van der Waals surface area contributed by atoms with Crippen LogP contribution in [0.3, 0.4) is 0 Å². The molecule has 2 heteroatoms. The van der Waals surface area contributed by atoms with Crippen LogP contribution in [0.15, 0.2) is 0 Å². The van der Waals surface area contributed by atoms with E-state index in [1.54, 1.807) is 0 Å². The van der Waals surface area contributed by atoms with E-state index in [0.717, 1.165) is 12.5 Å². The van der Waals surface area contributed by atoms with Crippen LogP contribution in [-0.2, 0) is 4.43 Å². The lowest BCUT2D eigenvalue weighted by molar-refractivity contribution is 0.261. The van der Waals surface area contributed by atoms with Gasteiger partial charge in [-0.1, -0.05) is 20.3 Å². The molecule has 0 rings (SSSR count). The summed E-state index contributed by atoms with van der Waals surface area (Å²) in [5, 5.41) is 0. The highest BCUT2D eigenvalue weighted by atomic mass is 28.3. The van der Waals surface area contributed by atoms with Crippen LogP contribution in [0.5, 0.6) is 0 Å². The lowest BCUT2D eigenvalue weighted by atomic mass is 10.1. The summed E-state index contributed by atoms with van der Waals surface area (Å²) in [6.07, 6.45) is 1.23. The molecule has 0 N–H and O–H groups in total. The zero-order chi connectivity index (χ0) is 7.28. The van der Waals surface area contributed by atoms with Gasteiger partial charge in [-0.25, -0.2) is 0 Å². The Balaban J connectivity index is 3.06. The summed E-state index contributed by atoms with van der Waals surface area (Å²) in [5.74, 6) is 0.741. The molecule has 1 unspecified atom stereocenters. The van der Waals surface area contributed by atoms with Gasteiger partial charge in [0.15, 0.2) is 0 Å². The predicted molar refractivity (Wildman–Crippen MR) is 42.9 cm³/mol. The van der Waals surface area contributed by atoms with Crippen LogP contribution in [0, 0.1) is 5.92 Å². The minimum Gasteiger partial charge on any atom is -0.417 e. The van der Waals surface area contributed by atoms with E-state index in [1.165, 1.54) is 6.42 Å². The molecule has 1 atom stereocenters. The Kier molecular flexibility index (Phi) is 5.10. The third-order valence-electron chi connectivity index (χ3n) is 1.35. The Labute approximate surface area is 60.1 Å². The highest BCUT2D eigenvalue weighted by Gasteiger charge is 2.00. The molecule has 0 spiro atoms. The van der Waals surface area contributed by atoms with Gasteiger partial charge < -0.3 is 4.43 Å². The molecule has 0 aromatic rings. The van der Waals surface area contributed by atoms with Crippen molar-refractivity contribution in [1.29, 1.82) is 0 Å². The zero-order valence-corrected chi connectivity index (χ0v) is 7.90. The maximum atomic E-state index is 5.50. The van der Waals surface area contributed by atoms with Gasteiger partial charge in [0.2, 0.25) is 9.04 Å². The molecule has 55 valence electrons. The van der Waals surface area contributed by atoms with E-state index < -0.39 is 9.04 Å². The van der Waals surface area contributed by atoms with Gasteiger partial charge >= 0.3 is 0 Å². The summed E-state index contributed by atoms with van der Waals surface area (Å²) in [7, 11) is -0.440. The monoisotopic (exact) mass is 145 g/mol. The SMILES string of the molecule is CCC(C)CO[Si](C)C. The van der Waals surface area contributed by atoms with Crippen molar-refractivity contribution >= 4 is 9.04 Å². The van der Waals surface area contributed by atoms with Gasteiger partial charge in [-0.05, 0) is 19.0 Å². The normalized spacial score (nSPS) is 14.3. The van der Waals surface area contributed by atoms with E-state index in [9.17, 15) is 0 Å². The van der Waals surface area contributed by atoms with Crippen LogP contribution in [0.1, 0.15) is 20.3 Å². The molecule has 0 bridgehead atoms. The summed E-state index contributed by atoms with van der Waals surface area (Å²) >= 11 is 0. The third kappa shape index (κ3) is 6.06. The molecule has 0 saturated carbocycles. The first-order chi connectivity index (χ1) is 4.16. The quantitative estimate of drug-likeness (QED) is 0.552. The lowest BCUT2D eigenvalue weighted by Crippen LogP contribution is -2.13. The summed E-state index contributed by atoms with van der Waals surface area (Å²) in [4.78, 5) is 0. The molecule has 0 amide bonds. The van der Waals surface area contributed by atoms with Gasteiger partial charge in [-0.3, -0.25) is 0 Å². The highest BCUT2D eigenvalue weighted by molar-refractivity contribution is 6.48. The first kappa shape index (κ1) is 9.18. The number of rotatable bonds is 4. The fraction of sp³-hybridized carbons (Fsp3) is 1.00. The summed E-state index contributed by atoms with van der Waals surface area (Å²) in [5.41, 5.74) is 0. The zero-order valence-electron chi connectivity index (χ0n) is 6.90. The smallest absolute Gasteiger partial charge is 0.204 e. The second-order valence-electron chi connectivity index (χ2n) is 2.73. The van der Waals surface area contributed by atoms with E-state index in [-0.39, 0.29) is 0 Å². The van der Waals surface area contributed by atoms with Gasteiger partial charge in [-0.2, -0.15) is 0 Å². The molecule has 0 heterocycles. The van der Waals surface area contributed by atoms with Crippen molar-refractivity contribution in [2.24, 2.45) is 5.92 Å². The first-order valence-electron chi connectivity index (χ1n) is 3.59. The Morgan fingerprint density at radius 2 is 2.00 bits per heavy atom. The Bertz CT molecular complexity index is 63.9. The molecular formula is C7H17OSi. The number of hydrogen-bond acceptors (Lipinski definition) is 1.